The third-order valence-corrected chi connectivity index (χ3v) is 4.56. The Morgan fingerprint density at radius 2 is 2.17 bits per heavy atom. The zero-order valence-electron chi connectivity index (χ0n) is 13.1. The normalized spacial score (nSPS) is 15.7. The van der Waals surface area contributed by atoms with E-state index < -0.39 is 0 Å². The van der Waals surface area contributed by atoms with Crippen molar-refractivity contribution >= 4 is 17.5 Å². The number of amides is 1. The topological polar surface area (TPSA) is 47.4 Å². The van der Waals surface area contributed by atoms with E-state index in [0.29, 0.717) is 22.3 Å². The van der Waals surface area contributed by atoms with Gasteiger partial charge in [-0.05, 0) is 37.0 Å². The molecule has 2 heterocycles. The maximum absolute atomic E-state index is 12.7. The number of halogens is 1. The molecule has 6 heteroatoms. The van der Waals surface area contributed by atoms with Crippen LogP contribution in [0.15, 0.2) is 36.9 Å². The molecule has 1 saturated heterocycles. The maximum Gasteiger partial charge on any atom is 0.257 e. The number of ether oxygens (including phenoxy) is 1. The van der Waals surface area contributed by atoms with Gasteiger partial charge in [0.25, 0.3) is 5.91 Å². The Labute approximate surface area is 140 Å². The predicted octanol–water partition coefficient (Wildman–Crippen LogP) is 3.10. The van der Waals surface area contributed by atoms with Gasteiger partial charge in [0.2, 0.25) is 0 Å². The van der Waals surface area contributed by atoms with Gasteiger partial charge in [0.1, 0.15) is 5.75 Å². The van der Waals surface area contributed by atoms with Crippen LogP contribution in [0.2, 0.25) is 5.02 Å². The lowest BCUT2D eigenvalue weighted by molar-refractivity contribution is 0.0679. The van der Waals surface area contributed by atoms with Crippen molar-refractivity contribution in [1.29, 1.82) is 0 Å². The van der Waals surface area contributed by atoms with Crippen LogP contribution in [0.3, 0.4) is 0 Å². The third-order valence-electron chi connectivity index (χ3n) is 4.32. The molecule has 3 rings (SSSR count). The molecule has 0 atom stereocenters. The number of carbonyl (C=O) groups excluding carboxylic acids is 1. The number of nitrogens with zero attached hydrogens (tertiary/aromatic N) is 3. The molecule has 122 valence electrons. The molecule has 0 radical (unpaired) electrons. The van der Waals surface area contributed by atoms with Crippen LogP contribution in [0.1, 0.15) is 23.2 Å². The number of piperidine rings is 1. The summed E-state index contributed by atoms with van der Waals surface area (Å²) >= 11 is 6.02. The molecule has 2 aromatic rings. The van der Waals surface area contributed by atoms with Gasteiger partial charge in [-0.15, -0.1) is 0 Å². The summed E-state index contributed by atoms with van der Waals surface area (Å²) in [5.74, 6) is 1.14. The molecule has 0 aliphatic carbocycles. The van der Waals surface area contributed by atoms with E-state index in [0.717, 1.165) is 32.5 Å². The largest absolute Gasteiger partial charge is 0.496 e. The molecule has 1 aliphatic rings. The zero-order valence-corrected chi connectivity index (χ0v) is 13.9. The standard InChI is InChI=1S/C17H20ClN3O2/c1-23-16-3-2-14(18)10-15(16)17(22)21-7-4-13(5-8-21)11-20-9-6-19-12-20/h2-3,6,9-10,12-13H,4-5,7-8,11H2,1H3. The molecule has 1 aromatic carbocycles. The van der Waals surface area contributed by atoms with Crippen LogP contribution in [0, 0.1) is 5.92 Å². The molecule has 0 saturated carbocycles. The summed E-state index contributed by atoms with van der Waals surface area (Å²) in [6.07, 6.45) is 7.60. The second kappa shape index (κ2) is 7.04. The number of likely N-dealkylation sites (tertiary alicyclic amines) is 1. The Bertz CT molecular complexity index is 664. The van der Waals surface area contributed by atoms with Crippen LogP contribution in [-0.2, 0) is 6.54 Å². The molecule has 1 aliphatic heterocycles. The number of hydrogen-bond donors (Lipinski definition) is 0. The average molecular weight is 334 g/mol. The number of methoxy groups -OCH3 is 1. The summed E-state index contributed by atoms with van der Waals surface area (Å²) in [7, 11) is 1.57. The first-order valence-electron chi connectivity index (χ1n) is 7.76. The lowest BCUT2D eigenvalue weighted by atomic mass is 9.96. The van der Waals surface area contributed by atoms with Crippen LogP contribution >= 0.6 is 11.6 Å². The molecule has 1 amide bonds. The van der Waals surface area contributed by atoms with Gasteiger partial charge in [-0.3, -0.25) is 4.79 Å². The minimum Gasteiger partial charge on any atom is -0.496 e. The van der Waals surface area contributed by atoms with Crippen molar-refractivity contribution in [3.8, 4) is 5.75 Å². The van der Waals surface area contributed by atoms with E-state index in [9.17, 15) is 4.79 Å². The monoisotopic (exact) mass is 333 g/mol. The highest BCUT2D eigenvalue weighted by atomic mass is 35.5. The van der Waals surface area contributed by atoms with Crippen molar-refractivity contribution in [3.05, 3.63) is 47.5 Å². The van der Waals surface area contributed by atoms with Crippen LogP contribution in [0.5, 0.6) is 5.75 Å². The van der Waals surface area contributed by atoms with Crippen molar-refractivity contribution in [2.45, 2.75) is 19.4 Å². The summed E-state index contributed by atoms with van der Waals surface area (Å²) in [6.45, 7) is 2.48. The van der Waals surface area contributed by atoms with Crippen LogP contribution in [-0.4, -0.2) is 40.6 Å². The number of benzene rings is 1. The van der Waals surface area contributed by atoms with Crippen molar-refractivity contribution in [2.24, 2.45) is 5.92 Å². The summed E-state index contributed by atoms with van der Waals surface area (Å²) in [5.41, 5.74) is 0.535. The Morgan fingerprint density at radius 1 is 1.39 bits per heavy atom. The van der Waals surface area contributed by atoms with Gasteiger partial charge in [-0.1, -0.05) is 11.6 Å². The van der Waals surface area contributed by atoms with Crippen LogP contribution in [0.4, 0.5) is 0 Å². The molecular weight excluding hydrogens is 314 g/mol. The number of carbonyl (C=O) groups is 1. The summed E-state index contributed by atoms with van der Waals surface area (Å²) in [5, 5.41) is 0.546. The van der Waals surface area contributed by atoms with Crippen LogP contribution < -0.4 is 4.74 Å². The van der Waals surface area contributed by atoms with Gasteiger partial charge in [-0.25, -0.2) is 4.98 Å². The second-order valence-corrected chi connectivity index (χ2v) is 6.28. The Kier molecular flexibility index (Phi) is 4.86. The first-order chi connectivity index (χ1) is 11.2. The van der Waals surface area contributed by atoms with Gasteiger partial charge in [-0.2, -0.15) is 0 Å². The van der Waals surface area contributed by atoms with Crippen molar-refractivity contribution < 1.29 is 9.53 Å². The minimum absolute atomic E-state index is 0.00886. The van der Waals surface area contributed by atoms with E-state index in [2.05, 4.69) is 9.55 Å². The summed E-state index contributed by atoms with van der Waals surface area (Å²) < 4.78 is 7.39. The highest BCUT2D eigenvalue weighted by molar-refractivity contribution is 6.31. The Balaban J connectivity index is 1.63. The van der Waals surface area contributed by atoms with Gasteiger partial charge >= 0.3 is 0 Å². The molecule has 5 nitrogen and oxygen atoms in total. The van der Waals surface area contributed by atoms with E-state index in [1.165, 1.54) is 0 Å². The number of hydrogen-bond acceptors (Lipinski definition) is 3. The van der Waals surface area contributed by atoms with Gasteiger partial charge in [0.05, 0.1) is 19.0 Å². The van der Waals surface area contributed by atoms with Crippen molar-refractivity contribution in [2.75, 3.05) is 20.2 Å². The number of imidazole rings is 1. The SMILES string of the molecule is COc1ccc(Cl)cc1C(=O)N1CCC(Cn2ccnc2)CC1. The molecule has 0 unspecified atom stereocenters. The van der Waals surface area contributed by atoms with E-state index >= 15 is 0 Å². The lowest BCUT2D eigenvalue weighted by Crippen LogP contribution is -2.39. The molecular formula is C17H20ClN3O2. The van der Waals surface area contributed by atoms with E-state index in [1.807, 2.05) is 17.4 Å². The molecule has 0 N–H and O–H groups in total. The third kappa shape index (κ3) is 3.67. The first-order valence-corrected chi connectivity index (χ1v) is 8.13. The van der Waals surface area contributed by atoms with E-state index in [4.69, 9.17) is 16.3 Å². The fourth-order valence-corrected chi connectivity index (χ4v) is 3.20. The molecule has 0 spiro atoms. The Morgan fingerprint density at radius 3 is 2.83 bits per heavy atom. The smallest absolute Gasteiger partial charge is 0.257 e. The zero-order chi connectivity index (χ0) is 16.2. The van der Waals surface area contributed by atoms with Gasteiger partial charge < -0.3 is 14.2 Å². The fourth-order valence-electron chi connectivity index (χ4n) is 3.03. The molecule has 0 bridgehead atoms. The molecule has 1 fully saturated rings. The highest BCUT2D eigenvalue weighted by Crippen LogP contribution is 2.26. The quantitative estimate of drug-likeness (QED) is 0.863. The molecule has 23 heavy (non-hydrogen) atoms. The lowest BCUT2D eigenvalue weighted by Gasteiger charge is -2.32. The van der Waals surface area contributed by atoms with Crippen molar-refractivity contribution in [1.82, 2.24) is 14.5 Å². The van der Waals surface area contributed by atoms with E-state index in [1.54, 1.807) is 31.5 Å². The summed E-state index contributed by atoms with van der Waals surface area (Å²) in [4.78, 5) is 18.7. The number of rotatable bonds is 4. The second-order valence-electron chi connectivity index (χ2n) is 5.84. The maximum atomic E-state index is 12.7. The predicted molar refractivity (Wildman–Crippen MR) is 88.9 cm³/mol. The van der Waals surface area contributed by atoms with Crippen LogP contribution in [0.25, 0.3) is 0 Å². The first kappa shape index (κ1) is 15.9. The average Bonchev–Trinajstić information content (AvgIpc) is 3.08. The van der Waals surface area contributed by atoms with Crippen molar-refractivity contribution in [3.63, 3.8) is 0 Å². The number of aromatic nitrogens is 2. The fraction of sp³-hybridized carbons (Fsp3) is 0.412. The Hall–Kier alpha value is -2.01. The molecule has 1 aromatic heterocycles. The minimum atomic E-state index is -0.00886. The van der Waals surface area contributed by atoms with Gasteiger partial charge in [0.15, 0.2) is 0 Å². The van der Waals surface area contributed by atoms with Gasteiger partial charge in [0, 0.05) is 37.1 Å². The van der Waals surface area contributed by atoms with E-state index in [-0.39, 0.29) is 5.91 Å². The summed E-state index contributed by atoms with van der Waals surface area (Å²) in [6, 6.07) is 5.15. The highest BCUT2D eigenvalue weighted by Gasteiger charge is 2.25.